The Kier molecular flexibility index (Phi) is 4.08. The summed E-state index contributed by atoms with van der Waals surface area (Å²) in [4.78, 5) is 23.5. The smallest absolute Gasteiger partial charge is 0.273 e. The van der Waals surface area contributed by atoms with E-state index in [1.807, 2.05) is 48.5 Å². The Morgan fingerprint density at radius 3 is 2.19 bits per heavy atom. The molecule has 1 N–H and O–H groups in total. The van der Waals surface area contributed by atoms with Crippen LogP contribution in [0.1, 0.15) is 33.1 Å². The Labute approximate surface area is 155 Å². The van der Waals surface area contributed by atoms with E-state index in [9.17, 15) is 14.9 Å². The fourth-order valence-electron chi connectivity index (χ4n) is 3.23. The highest BCUT2D eigenvalue weighted by Gasteiger charge is 2.28. The van der Waals surface area contributed by atoms with Crippen molar-refractivity contribution in [3.63, 3.8) is 0 Å². The highest BCUT2D eigenvalue weighted by Crippen LogP contribution is 2.42. The van der Waals surface area contributed by atoms with Gasteiger partial charge in [0.1, 0.15) is 11.5 Å². The number of rotatable bonds is 3. The van der Waals surface area contributed by atoms with Crippen LogP contribution in [0.2, 0.25) is 0 Å². The highest BCUT2D eigenvalue weighted by atomic mass is 16.6. The Morgan fingerprint density at radius 2 is 1.59 bits per heavy atom. The summed E-state index contributed by atoms with van der Waals surface area (Å²) in [7, 11) is 0. The Balaban J connectivity index is 1.72. The van der Waals surface area contributed by atoms with Crippen molar-refractivity contribution in [1.82, 2.24) is 5.32 Å². The summed E-state index contributed by atoms with van der Waals surface area (Å²) in [5, 5.41) is 14.2. The number of ether oxygens (including phenoxy) is 1. The van der Waals surface area contributed by atoms with Gasteiger partial charge in [0.2, 0.25) is 0 Å². The number of amides is 1. The van der Waals surface area contributed by atoms with Crippen molar-refractivity contribution < 1.29 is 14.5 Å². The number of hydrogen-bond donors (Lipinski definition) is 1. The van der Waals surface area contributed by atoms with E-state index in [-0.39, 0.29) is 17.2 Å². The second-order valence-electron chi connectivity index (χ2n) is 6.34. The molecule has 0 bridgehead atoms. The van der Waals surface area contributed by atoms with Gasteiger partial charge >= 0.3 is 0 Å². The first-order chi connectivity index (χ1) is 13.0. The second-order valence-corrected chi connectivity index (χ2v) is 6.34. The van der Waals surface area contributed by atoms with Crippen LogP contribution in [0.15, 0.2) is 66.7 Å². The molecular weight excluding hydrogens is 344 g/mol. The van der Waals surface area contributed by atoms with E-state index >= 15 is 0 Å². The number of para-hydroxylation sites is 2. The predicted octanol–water partition coefficient (Wildman–Crippen LogP) is 4.53. The molecule has 1 heterocycles. The number of carbonyl (C=O) groups excluding carboxylic acids is 1. The average molecular weight is 360 g/mol. The molecule has 0 aromatic heterocycles. The number of nitro groups is 1. The molecule has 0 saturated carbocycles. The Bertz CT molecular complexity index is 1020. The first-order valence-electron chi connectivity index (χ1n) is 8.46. The Hall–Kier alpha value is -3.67. The highest BCUT2D eigenvalue weighted by molar-refractivity contribution is 5.95. The lowest BCUT2D eigenvalue weighted by molar-refractivity contribution is -0.385. The number of nitrogens with one attached hydrogen (secondary N) is 1. The number of nitro benzene ring substituents is 1. The lowest BCUT2D eigenvalue weighted by atomic mass is 9.94. The third-order valence-electron chi connectivity index (χ3n) is 4.62. The molecule has 3 aromatic carbocycles. The van der Waals surface area contributed by atoms with Gasteiger partial charge in [-0.2, -0.15) is 0 Å². The maximum absolute atomic E-state index is 12.8. The van der Waals surface area contributed by atoms with Crippen LogP contribution in [0.25, 0.3) is 0 Å². The summed E-state index contributed by atoms with van der Waals surface area (Å²) in [5.41, 5.74) is 2.36. The molecule has 1 aliphatic heterocycles. The Morgan fingerprint density at radius 1 is 1.00 bits per heavy atom. The van der Waals surface area contributed by atoms with Gasteiger partial charge in [0.25, 0.3) is 11.6 Å². The van der Waals surface area contributed by atoms with Gasteiger partial charge in [-0.15, -0.1) is 0 Å². The van der Waals surface area contributed by atoms with E-state index in [1.54, 1.807) is 19.1 Å². The molecule has 27 heavy (non-hydrogen) atoms. The number of nitrogens with zero attached hydrogens (tertiary/aromatic N) is 1. The topological polar surface area (TPSA) is 81.5 Å². The molecule has 0 aliphatic carbocycles. The van der Waals surface area contributed by atoms with Gasteiger partial charge < -0.3 is 10.1 Å². The number of carbonyl (C=O) groups is 1. The van der Waals surface area contributed by atoms with Crippen LogP contribution >= 0.6 is 0 Å². The van der Waals surface area contributed by atoms with E-state index in [1.165, 1.54) is 6.07 Å². The molecule has 1 aliphatic rings. The number of hydrogen-bond acceptors (Lipinski definition) is 4. The van der Waals surface area contributed by atoms with Crippen molar-refractivity contribution >= 4 is 11.6 Å². The summed E-state index contributed by atoms with van der Waals surface area (Å²) >= 11 is 0. The van der Waals surface area contributed by atoms with E-state index in [0.717, 1.165) is 11.1 Å². The SMILES string of the molecule is Cc1ccc(C(=O)NC2c3ccccc3Oc3ccccc32)cc1[N+](=O)[O-]. The minimum absolute atomic E-state index is 0.0737. The zero-order valence-corrected chi connectivity index (χ0v) is 14.5. The molecular formula is C21H16N2O4. The maximum atomic E-state index is 12.8. The van der Waals surface area contributed by atoms with Crippen LogP contribution < -0.4 is 10.1 Å². The molecule has 0 radical (unpaired) electrons. The quantitative estimate of drug-likeness (QED) is 0.550. The average Bonchev–Trinajstić information content (AvgIpc) is 2.67. The molecule has 3 aromatic rings. The van der Waals surface area contributed by atoms with Gasteiger partial charge in [-0.1, -0.05) is 42.5 Å². The van der Waals surface area contributed by atoms with Crippen LogP contribution in [0, 0.1) is 17.0 Å². The lowest BCUT2D eigenvalue weighted by Crippen LogP contribution is -2.31. The van der Waals surface area contributed by atoms with Crippen molar-refractivity contribution in [3.8, 4) is 11.5 Å². The fourth-order valence-corrected chi connectivity index (χ4v) is 3.23. The summed E-state index contributed by atoms with van der Waals surface area (Å²) in [5.74, 6) is 0.974. The molecule has 0 unspecified atom stereocenters. The second kappa shape index (κ2) is 6.57. The zero-order chi connectivity index (χ0) is 19.0. The van der Waals surface area contributed by atoms with E-state index in [2.05, 4.69) is 5.32 Å². The molecule has 0 saturated heterocycles. The molecule has 6 nitrogen and oxygen atoms in total. The first kappa shape index (κ1) is 16.8. The lowest BCUT2D eigenvalue weighted by Gasteiger charge is -2.28. The number of benzene rings is 3. The van der Waals surface area contributed by atoms with Gasteiger partial charge in [-0.25, -0.2) is 0 Å². The van der Waals surface area contributed by atoms with Crippen LogP contribution in [0.5, 0.6) is 11.5 Å². The van der Waals surface area contributed by atoms with E-state index in [4.69, 9.17) is 4.74 Å². The van der Waals surface area contributed by atoms with Crippen molar-refractivity contribution in [2.24, 2.45) is 0 Å². The normalized spacial score (nSPS) is 12.5. The first-order valence-corrected chi connectivity index (χ1v) is 8.46. The molecule has 0 spiro atoms. The number of aryl methyl sites for hydroxylation is 1. The van der Waals surface area contributed by atoms with Gasteiger partial charge in [0.15, 0.2) is 0 Å². The summed E-state index contributed by atoms with van der Waals surface area (Å²) in [6.07, 6.45) is 0. The van der Waals surface area contributed by atoms with Gasteiger partial charge in [0.05, 0.1) is 11.0 Å². The minimum atomic E-state index is -0.481. The summed E-state index contributed by atoms with van der Waals surface area (Å²) in [6, 6.07) is 19.1. The molecule has 4 rings (SSSR count). The molecule has 0 fully saturated rings. The van der Waals surface area contributed by atoms with Gasteiger partial charge in [-0.3, -0.25) is 14.9 Å². The van der Waals surface area contributed by atoms with E-state index in [0.29, 0.717) is 17.1 Å². The van der Waals surface area contributed by atoms with Crippen molar-refractivity contribution in [3.05, 3.63) is 99.1 Å². The standard InChI is InChI=1S/C21H16N2O4/c1-13-10-11-14(12-17(13)23(25)26)21(24)22-20-15-6-2-4-8-18(15)27-19-9-5-3-7-16(19)20/h2-12,20H,1H3,(H,22,24). The number of fused-ring (bicyclic) bond motifs is 2. The third kappa shape index (κ3) is 3.01. The van der Waals surface area contributed by atoms with Crippen LogP contribution in [-0.4, -0.2) is 10.8 Å². The largest absolute Gasteiger partial charge is 0.457 e. The van der Waals surface area contributed by atoms with Gasteiger partial charge in [-0.05, 0) is 25.1 Å². The molecule has 0 atom stereocenters. The maximum Gasteiger partial charge on any atom is 0.273 e. The predicted molar refractivity (Wildman–Crippen MR) is 100 cm³/mol. The molecule has 6 heteroatoms. The van der Waals surface area contributed by atoms with Crippen molar-refractivity contribution in [2.75, 3.05) is 0 Å². The summed E-state index contributed by atoms with van der Waals surface area (Å²) < 4.78 is 5.92. The third-order valence-corrected chi connectivity index (χ3v) is 4.62. The van der Waals surface area contributed by atoms with Crippen LogP contribution in [0.4, 0.5) is 5.69 Å². The van der Waals surface area contributed by atoms with Crippen molar-refractivity contribution in [2.45, 2.75) is 13.0 Å². The van der Waals surface area contributed by atoms with E-state index < -0.39 is 11.0 Å². The minimum Gasteiger partial charge on any atom is -0.457 e. The van der Waals surface area contributed by atoms with Gasteiger partial charge in [0, 0.05) is 28.3 Å². The summed E-state index contributed by atoms with van der Waals surface area (Å²) in [6.45, 7) is 1.64. The van der Waals surface area contributed by atoms with Crippen molar-refractivity contribution in [1.29, 1.82) is 0 Å². The monoisotopic (exact) mass is 360 g/mol. The molecule has 134 valence electrons. The van der Waals surface area contributed by atoms with Crippen LogP contribution in [0.3, 0.4) is 0 Å². The zero-order valence-electron chi connectivity index (χ0n) is 14.5. The fraction of sp³-hybridized carbons (Fsp3) is 0.0952. The van der Waals surface area contributed by atoms with Crippen LogP contribution in [-0.2, 0) is 0 Å². The molecule has 1 amide bonds.